The molecule has 1 aromatic rings. The summed E-state index contributed by atoms with van der Waals surface area (Å²) in [7, 11) is 0. The van der Waals surface area contributed by atoms with Gasteiger partial charge in [0.2, 0.25) is 17.8 Å². The molecule has 0 spiro atoms. The molecule has 2 rings (SSSR count). The number of nitrogens with one attached hydrogen (secondary N) is 3. The van der Waals surface area contributed by atoms with Crippen molar-refractivity contribution in [2.75, 3.05) is 121 Å². The van der Waals surface area contributed by atoms with Gasteiger partial charge >= 0.3 is 23.9 Å². The number of hydrogen-bond donors (Lipinski definition) is 3. The first-order chi connectivity index (χ1) is 39.3. The van der Waals surface area contributed by atoms with Crippen LogP contribution in [0.3, 0.4) is 0 Å². The molecule has 0 unspecified atom stereocenters. The Hall–Kier alpha value is -3.83. The van der Waals surface area contributed by atoms with Crippen molar-refractivity contribution in [1.29, 1.82) is 0 Å². The predicted octanol–water partition coefficient (Wildman–Crippen LogP) is 13.3. The second-order valence-electron chi connectivity index (χ2n) is 22.4. The second kappa shape index (κ2) is 53.2. The molecule has 80 heavy (non-hydrogen) atoms. The molecule has 464 valence electrons. The Bertz CT molecular complexity index is 1470. The number of carbonyl (C=O) groups is 4. The van der Waals surface area contributed by atoms with Gasteiger partial charge in [0, 0.05) is 52.4 Å². The van der Waals surface area contributed by atoms with Gasteiger partial charge in [-0.25, -0.2) is 0 Å². The van der Waals surface area contributed by atoms with Crippen LogP contribution in [0.5, 0.6) is 0 Å². The van der Waals surface area contributed by atoms with Crippen molar-refractivity contribution < 1.29 is 38.1 Å². The Morgan fingerprint density at radius 1 is 0.362 bits per heavy atom. The molecular formula is C63H119N9O8. The van der Waals surface area contributed by atoms with E-state index in [0.717, 1.165) is 83.8 Å². The van der Waals surface area contributed by atoms with Gasteiger partial charge in [0.1, 0.15) is 0 Å². The molecule has 1 aromatic heterocycles. The van der Waals surface area contributed by atoms with Crippen molar-refractivity contribution in [3.63, 3.8) is 0 Å². The Morgan fingerprint density at radius 2 is 0.625 bits per heavy atom. The van der Waals surface area contributed by atoms with E-state index in [4.69, 9.17) is 33.9 Å². The molecule has 1 aliphatic rings. The highest BCUT2D eigenvalue weighted by atomic mass is 16.5. The number of unbranched alkanes of at least 4 members (excludes halogenated alkanes) is 24. The Labute approximate surface area is 487 Å². The van der Waals surface area contributed by atoms with Crippen molar-refractivity contribution in [2.45, 2.75) is 259 Å². The van der Waals surface area contributed by atoms with E-state index in [2.05, 4.69) is 58.3 Å². The molecule has 1 saturated heterocycles. The summed E-state index contributed by atoms with van der Waals surface area (Å²) < 4.78 is 22.5. The fourth-order valence-corrected chi connectivity index (χ4v) is 9.89. The van der Waals surface area contributed by atoms with E-state index in [-0.39, 0.29) is 49.6 Å². The van der Waals surface area contributed by atoms with E-state index < -0.39 is 0 Å². The van der Waals surface area contributed by atoms with E-state index in [9.17, 15) is 19.2 Å². The van der Waals surface area contributed by atoms with Gasteiger partial charge in [-0.2, -0.15) is 15.0 Å². The van der Waals surface area contributed by atoms with Gasteiger partial charge in [-0.05, 0) is 77.5 Å². The molecular weight excluding hydrogens is 1010 g/mol. The lowest BCUT2D eigenvalue weighted by atomic mass is 10.1. The van der Waals surface area contributed by atoms with Crippen LogP contribution in [0, 0.1) is 0 Å². The minimum absolute atomic E-state index is 0.202. The maximum absolute atomic E-state index is 12.8. The van der Waals surface area contributed by atoms with Gasteiger partial charge in [-0.3, -0.25) is 19.2 Å². The molecule has 0 radical (unpaired) electrons. The largest absolute Gasteiger partial charge is 0.466 e. The number of aromatic nitrogens is 3. The Morgan fingerprint density at radius 3 is 0.912 bits per heavy atom. The molecule has 1 aliphatic heterocycles. The predicted molar refractivity (Wildman–Crippen MR) is 327 cm³/mol. The van der Waals surface area contributed by atoms with Gasteiger partial charge in [0.25, 0.3) is 0 Å². The average molecular weight is 1130 g/mol. The summed E-state index contributed by atoms with van der Waals surface area (Å²) in [6, 6.07) is 0. The first-order valence-corrected chi connectivity index (χ1v) is 33.0. The van der Waals surface area contributed by atoms with Crippen molar-refractivity contribution in [3.8, 4) is 0 Å². The molecule has 0 bridgehead atoms. The third-order valence-corrected chi connectivity index (χ3v) is 15.0. The zero-order valence-electron chi connectivity index (χ0n) is 51.7. The molecule has 0 aromatic carbocycles. The van der Waals surface area contributed by atoms with Crippen LogP contribution in [0.2, 0.25) is 0 Å². The van der Waals surface area contributed by atoms with Crippen LogP contribution in [0.15, 0.2) is 0 Å². The van der Waals surface area contributed by atoms with Gasteiger partial charge in [0.15, 0.2) is 0 Å². The van der Waals surface area contributed by atoms with Crippen LogP contribution in [0.1, 0.15) is 259 Å². The molecule has 0 aliphatic carbocycles. The summed E-state index contributed by atoms with van der Waals surface area (Å²) >= 11 is 0. The number of anilines is 3. The highest BCUT2D eigenvalue weighted by Gasteiger charge is 2.16. The van der Waals surface area contributed by atoms with Crippen LogP contribution >= 0.6 is 0 Å². The highest BCUT2D eigenvalue weighted by Crippen LogP contribution is 2.14. The van der Waals surface area contributed by atoms with E-state index in [0.29, 0.717) is 103 Å². The molecule has 3 N–H and O–H groups in total. The first kappa shape index (κ1) is 72.3. The maximum Gasteiger partial charge on any atom is 0.307 e. The van der Waals surface area contributed by atoms with Crippen LogP contribution in [-0.4, -0.2) is 158 Å². The number of carbonyl (C=O) groups excluding carboxylic acids is 4. The van der Waals surface area contributed by atoms with Crippen LogP contribution in [0.25, 0.3) is 0 Å². The standard InChI is InChI=1S/C63H119N9O8/c1-5-9-13-17-21-25-31-53-77-57(73)37-48-71(49-38-58(74)78-54-32-26-22-18-14-10-6-2)46-35-41-64-61-67-62(69-63(68-61)66-43-52-70-44-29-30-45-70)65-42-36-47-72(50-39-59(75)79-55-33-27-23-19-15-11-7-3)51-40-60(76)80-56-34-28-24-20-16-12-8-4/h5-56H2,1-4H3,(H3,64,65,66,67,68,69). The quantitative estimate of drug-likeness (QED) is 0.0317. The molecule has 2 heterocycles. The molecule has 0 saturated carbocycles. The molecule has 0 atom stereocenters. The van der Waals surface area contributed by atoms with Crippen molar-refractivity contribution in [2.24, 2.45) is 0 Å². The monoisotopic (exact) mass is 1130 g/mol. The third kappa shape index (κ3) is 43.8. The van der Waals surface area contributed by atoms with E-state index in [1.807, 2.05) is 0 Å². The summed E-state index contributed by atoms with van der Waals surface area (Å²) in [5, 5.41) is 10.3. The maximum atomic E-state index is 12.8. The summed E-state index contributed by atoms with van der Waals surface area (Å²) in [5.41, 5.74) is 0. The lowest BCUT2D eigenvalue weighted by molar-refractivity contribution is -0.146. The normalized spacial score (nSPS) is 12.6. The number of rotatable bonds is 58. The zero-order valence-corrected chi connectivity index (χ0v) is 51.7. The fourth-order valence-electron chi connectivity index (χ4n) is 9.89. The Kier molecular flexibility index (Phi) is 48.1. The van der Waals surface area contributed by atoms with Gasteiger partial charge in [0.05, 0.1) is 52.1 Å². The minimum Gasteiger partial charge on any atom is -0.466 e. The van der Waals surface area contributed by atoms with E-state index in [1.54, 1.807) is 0 Å². The Balaban J connectivity index is 2.02. The van der Waals surface area contributed by atoms with E-state index in [1.165, 1.54) is 141 Å². The van der Waals surface area contributed by atoms with Crippen LogP contribution < -0.4 is 16.0 Å². The number of ether oxygens (including phenoxy) is 4. The fraction of sp³-hybridized carbons (Fsp3) is 0.889. The summed E-state index contributed by atoms with van der Waals surface area (Å²) in [5.74, 6) is 0.581. The zero-order chi connectivity index (χ0) is 57.6. The average Bonchev–Trinajstić information content (AvgIpc) is 3.98. The molecule has 17 nitrogen and oxygen atoms in total. The number of hydrogen-bond acceptors (Lipinski definition) is 17. The van der Waals surface area contributed by atoms with Crippen molar-refractivity contribution in [1.82, 2.24) is 29.7 Å². The van der Waals surface area contributed by atoms with Gasteiger partial charge < -0.3 is 49.6 Å². The summed E-state index contributed by atoms with van der Waals surface area (Å²) in [6.45, 7) is 19.0. The third-order valence-electron chi connectivity index (χ3n) is 15.0. The van der Waals surface area contributed by atoms with Gasteiger partial charge in [-0.15, -0.1) is 0 Å². The smallest absolute Gasteiger partial charge is 0.307 e. The van der Waals surface area contributed by atoms with Crippen molar-refractivity contribution in [3.05, 3.63) is 0 Å². The minimum atomic E-state index is -0.202. The topological polar surface area (TPSA) is 190 Å². The van der Waals surface area contributed by atoms with Crippen LogP contribution in [-0.2, 0) is 38.1 Å². The number of nitrogens with zero attached hydrogens (tertiary/aromatic N) is 6. The van der Waals surface area contributed by atoms with Crippen LogP contribution in [0.4, 0.5) is 17.8 Å². The second-order valence-corrected chi connectivity index (χ2v) is 22.4. The van der Waals surface area contributed by atoms with Gasteiger partial charge in [-0.1, -0.05) is 182 Å². The summed E-state index contributed by atoms with van der Waals surface area (Å²) in [4.78, 5) is 72.4. The lowest BCUT2D eigenvalue weighted by Gasteiger charge is -2.22. The van der Waals surface area contributed by atoms with Crippen molar-refractivity contribution >= 4 is 41.7 Å². The molecule has 1 fully saturated rings. The first-order valence-electron chi connectivity index (χ1n) is 33.0. The highest BCUT2D eigenvalue weighted by molar-refractivity contribution is 5.71. The van der Waals surface area contributed by atoms with E-state index >= 15 is 0 Å². The lowest BCUT2D eigenvalue weighted by Crippen LogP contribution is -2.32. The SMILES string of the molecule is CCCCCCCCCOC(=O)CCN(CCCNc1nc(NCCCN(CCC(=O)OCCCCCCCCC)CCC(=O)OCCCCCCCCC)nc(NCCN2CCCC2)n1)CCC(=O)OCCCCCCCCC. The summed E-state index contributed by atoms with van der Waals surface area (Å²) in [6.07, 6.45) is 37.5. The number of likely N-dealkylation sites (tertiary alicyclic amines) is 1. The number of esters is 4. The molecule has 0 amide bonds. The molecule has 17 heteroatoms.